The molecule has 0 atom stereocenters. The molecule has 0 fully saturated rings. The van der Waals surface area contributed by atoms with E-state index in [1.54, 1.807) is 6.07 Å². The number of halogens is 5. The molecule has 0 unspecified atom stereocenters. The Morgan fingerprint density at radius 3 is 2.22 bits per heavy atom. The Kier molecular flexibility index (Phi) is 3.36. The maximum atomic E-state index is 12.2. The topological polar surface area (TPSA) is 48.2 Å². The fraction of sp³-hybridized carbons (Fsp3) is 0.111. The second-order valence-electron chi connectivity index (χ2n) is 3.02. The zero-order valence-electron chi connectivity index (χ0n) is 8.33. The Balaban J connectivity index is 2.27. The average molecular weight is 299 g/mol. The highest BCUT2D eigenvalue weighted by Gasteiger charge is 2.38. The van der Waals surface area contributed by atoms with Crippen LogP contribution in [-0.2, 0) is 6.18 Å². The molecule has 2 aromatic rings. The van der Waals surface area contributed by atoms with Gasteiger partial charge in [0.15, 0.2) is 5.75 Å². The van der Waals surface area contributed by atoms with Crippen LogP contribution < -0.4 is 4.74 Å². The lowest BCUT2D eigenvalue weighted by Crippen LogP contribution is -2.04. The van der Waals surface area contributed by atoms with Gasteiger partial charge in [0.2, 0.25) is 0 Å². The lowest BCUT2D eigenvalue weighted by atomic mass is 10.3. The minimum atomic E-state index is -4.74. The molecule has 1 heterocycles. The van der Waals surface area contributed by atoms with Gasteiger partial charge < -0.3 is 9.15 Å². The van der Waals surface area contributed by atoms with Crippen molar-refractivity contribution in [3.63, 3.8) is 0 Å². The van der Waals surface area contributed by atoms with Crippen molar-refractivity contribution in [2.24, 2.45) is 0 Å². The molecular formula is C9H3Cl2F3N2O2. The van der Waals surface area contributed by atoms with Crippen molar-refractivity contribution in [1.29, 1.82) is 0 Å². The van der Waals surface area contributed by atoms with E-state index in [1.807, 2.05) is 0 Å². The van der Waals surface area contributed by atoms with Gasteiger partial charge in [-0.05, 0) is 12.1 Å². The molecule has 0 aliphatic rings. The van der Waals surface area contributed by atoms with E-state index in [4.69, 9.17) is 27.9 Å². The highest BCUT2D eigenvalue weighted by atomic mass is 35.5. The number of ether oxygens (including phenoxy) is 1. The Bertz CT molecular complexity index is 551. The van der Waals surface area contributed by atoms with Crippen molar-refractivity contribution in [2.75, 3.05) is 0 Å². The zero-order valence-corrected chi connectivity index (χ0v) is 9.84. The summed E-state index contributed by atoms with van der Waals surface area (Å²) in [5, 5.41) is 6.09. The van der Waals surface area contributed by atoms with Crippen LogP contribution in [0.5, 0.6) is 11.8 Å². The van der Waals surface area contributed by atoms with Crippen LogP contribution in [0, 0.1) is 0 Å². The third-order valence-corrected chi connectivity index (χ3v) is 2.35. The standard InChI is InChI=1S/C9H3Cl2F3N2O2/c10-4-2-1-3-5(11)6(4)17-8-16-15-7(18-8)9(12,13)14/h1-3H. The first-order chi connectivity index (χ1) is 8.38. The predicted octanol–water partition coefficient (Wildman–Crippen LogP) is 4.19. The number of aromatic nitrogens is 2. The van der Waals surface area contributed by atoms with Crippen LogP contribution in [0.3, 0.4) is 0 Å². The summed E-state index contributed by atoms with van der Waals surface area (Å²) in [6, 6.07) is 4.44. The molecule has 96 valence electrons. The van der Waals surface area contributed by atoms with Gasteiger partial charge in [0.1, 0.15) is 0 Å². The summed E-state index contributed by atoms with van der Waals surface area (Å²) >= 11 is 11.5. The van der Waals surface area contributed by atoms with E-state index in [2.05, 4.69) is 14.6 Å². The third kappa shape index (κ3) is 2.68. The normalized spacial score (nSPS) is 11.6. The Hall–Kier alpha value is -1.47. The largest absolute Gasteiger partial charge is 0.470 e. The van der Waals surface area contributed by atoms with Crippen molar-refractivity contribution >= 4 is 23.2 Å². The average Bonchev–Trinajstić information content (AvgIpc) is 2.72. The number of benzene rings is 1. The van der Waals surface area contributed by atoms with Crippen LogP contribution in [0.4, 0.5) is 13.2 Å². The Morgan fingerprint density at radius 2 is 1.72 bits per heavy atom. The zero-order chi connectivity index (χ0) is 13.3. The molecule has 0 N–H and O–H groups in total. The molecule has 9 heteroatoms. The number of para-hydroxylation sites is 1. The number of hydrogen-bond acceptors (Lipinski definition) is 4. The molecule has 0 saturated heterocycles. The highest BCUT2D eigenvalue weighted by molar-refractivity contribution is 6.37. The Labute approximate surface area is 108 Å². The van der Waals surface area contributed by atoms with Crippen LogP contribution in [0.1, 0.15) is 5.89 Å². The van der Waals surface area contributed by atoms with E-state index in [1.165, 1.54) is 12.1 Å². The number of rotatable bonds is 2. The van der Waals surface area contributed by atoms with Gasteiger partial charge in [0, 0.05) is 0 Å². The van der Waals surface area contributed by atoms with Crippen molar-refractivity contribution in [1.82, 2.24) is 10.2 Å². The van der Waals surface area contributed by atoms with E-state index < -0.39 is 18.1 Å². The van der Waals surface area contributed by atoms with Gasteiger partial charge in [-0.3, -0.25) is 0 Å². The summed E-state index contributed by atoms with van der Waals surface area (Å²) in [5.41, 5.74) is 0. The lowest BCUT2D eigenvalue weighted by Gasteiger charge is -2.04. The molecule has 0 aliphatic heterocycles. The third-order valence-electron chi connectivity index (χ3n) is 1.76. The van der Waals surface area contributed by atoms with E-state index in [0.717, 1.165) is 0 Å². The second-order valence-corrected chi connectivity index (χ2v) is 3.84. The first kappa shape index (κ1) is 13.0. The molecular weight excluding hydrogens is 296 g/mol. The Morgan fingerprint density at radius 1 is 1.11 bits per heavy atom. The van der Waals surface area contributed by atoms with Crippen molar-refractivity contribution in [3.05, 3.63) is 34.1 Å². The maximum absolute atomic E-state index is 12.2. The van der Waals surface area contributed by atoms with Crippen LogP contribution in [0.25, 0.3) is 0 Å². The number of alkyl halides is 3. The number of hydrogen-bond donors (Lipinski definition) is 0. The van der Waals surface area contributed by atoms with Crippen LogP contribution in [-0.4, -0.2) is 10.2 Å². The van der Waals surface area contributed by atoms with Gasteiger partial charge in [-0.2, -0.15) is 13.2 Å². The van der Waals surface area contributed by atoms with Crippen LogP contribution in [0.2, 0.25) is 10.0 Å². The van der Waals surface area contributed by atoms with Gasteiger partial charge in [-0.15, -0.1) is 0 Å². The first-order valence-electron chi connectivity index (χ1n) is 4.40. The molecule has 0 spiro atoms. The van der Waals surface area contributed by atoms with Crippen molar-refractivity contribution < 1.29 is 22.3 Å². The quantitative estimate of drug-likeness (QED) is 0.834. The van der Waals surface area contributed by atoms with Gasteiger partial charge in [-0.1, -0.05) is 39.5 Å². The number of nitrogens with zero attached hydrogens (tertiary/aromatic N) is 2. The molecule has 18 heavy (non-hydrogen) atoms. The molecule has 4 nitrogen and oxygen atoms in total. The summed E-state index contributed by atoms with van der Waals surface area (Å²) in [6.45, 7) is 0. The second kappa shape index (κ2) is 4.66. The van der Waals surface area contributed by atoms with E-state index in [0.29, 0.717) is 0 Å². The van der Waals surface area contributed by atoms with Crippen LogP contribution in [0.15, 0.2) is 22.6 Å². The minimum Gasteiger partial charge on any atom is -0.407 e. The fourth-order valence-corrected chi connectivity index (χ4v) is 1.51. The molecule has 2 rings (SSSR count). The molecule has 0 bridgehead atoms. The SMILES string of the molecule is FC(F)(F)c1nnc(Oc2c(Cl)cccc2Cl)o1. The summed E-state index contributed by atoms with van der Waals surface area (Å²) in [7, 11) is 0. The van der Waals surface area contributed by atoms with Crippen LogP contribution >= 0.6 is 23.2 Å². The summed E-state index contributed by atoms with van der Waals surface area (Å²) < 4.78 is 45.8. The molecule has 1 aromatic heterocycles. The molecule has 0 saturated carbocycles. The molecule has 0 aliphatic carbocycles. The van der Waals surface area contributed by atoms with E-state index >= 15 is 0 Å². The van der Waals surface area contributed by atoms with E-state index in [9.17, 15) is 13.2 Å². The molecule has 0 amide bonds. The van der Waals surface area contributed by atoms with Gasteiger partial charge in [0.05, 0.1) is 10.0 Å². The van der Waals surface area contributed by atoms with Gasteiger partial charge in [-0.25, -0.2) is 0 Å². The predicted molar refractivity (Wildman–Crippen MR) is 55.8 cm³/mol. The minimum absolute atomic E-state index is 0.0572. The smallest absolute Gasteiger partial charge is 0.407 e. The van der Waals surface area contributed by atoms with Crippen molar-refractivity contribution in [3.8, 4) is 11.8 Å². The van der Waals surface area contributed by atoms with Gasteiger partial charge in [0.25, 0.3) is 0 Å². The lowest BCUT2D eigenvalue weighted by molar-refractivity contribution is -0.157. The summed E-state index contributed by atoms with van der Waals surface area (Å²) in [5.74, 6) is -1.57. The molecule has 1 aromatic carbocycles. The highest BCUT2D eigenvalue weighted by Crippen LogP contribution is 2.36. The van der Waals surface area contributed by atoms with Crippen molar-refractivity contribution in [2.45, 2.75) is 6.18 Å². The fourth-order valence-electron chi connectivity index (χ4n) is 1.03. The maximum Gasteiger partial charge on any atom is 0.470 e. The van der Waals surface area contributed by atoms with Gasteiger partial charge >= 0.3 is 18.1 Å². The van der Waals surface area contributed by atoms with E-state index in [-0.39, 0.29) is 15.8 Å². The summed E-state index contributed by atoms with van der Waals surface area (Å²) in [6.07, 6.45) is -5.43. The summed E-state index contributed by atoms with van der Waals surface area (Å²) in [4.78, 5) is 0. The molecule has 0 radical (unpaired) electrons. The first-order valence-corrected chi connectivity index (χ1v) is 5.16. The monoisotopic (exact) mass is 298 g/mol.